The summed E-state index contributed by atoms with van der Waals surface area (Å²) < 4.78 is 0. The monoisotopic (exact) mass is 198 g/mol. The Kier molecular flexibility index (Phi) is 2.95. The molecule has 0 aromatic rings. The van der Waals surface area contributed by atoms with Crippen molar-refractivity contribution in [3.63, 3.8) is 0 Å². The Balaban J connectivity index is 2.96. The van der Waals surface area contributed by atoms with Gasteiger partial charge in [0.25, 0.3) is 0 Å². The minimum Gasteiger partial charge on any atom is -0.319 e. The molecule has 80 valence electrons. The molecule has 0 aromatic heterocycles. The summed E-state index contributed by atoms with van der Waals surface area (Å²) in [4.78, 5) is 24.6. The summed E-state index contributed by atoms with van der Waals surface area (Å²) in [5, 5.41) is 0. The first-order valence-corrected chi connectivity index (χ1v) is 5.08. The van der Waals surface area contributed by atoms with E-state index in [1.54, 1.807) is 0 Å². The van der Waals surface area contributed by atoms with Crippen molar-refractivity contribution < 1.29 is 9.59 Å². The molecule has 0 radical (unpaired) electrons. The Labute approximate surface area is 84.4 Å². The van der Waals surface area contributed by atoms with Crippen LogP contribution in [0.1, 0.15) is 40.0 Å². The zero-order chi connectivity index (χ0) is 10.9. The van der Waals surface area contributed by atoms with Gasteiger partial charge in [0, 0.05) is 5.54 Å². The highest BCUT2D eigenvalue weighted by molar-refractivity contribution is 6.06. The van der Waals surface area contributed by atoms with Gasteiger partial charge in [0.1, 0.15) is 0 Å². The van der Waals surface area contributed by atoms with Crippen LogP contribution in [0.25, 0.3) is 0 Å². The minimum atomic E-state index is -0.625. The number of carbonyl (C=O) groups excluding carboxylic acids is 2. The van der Waals surface area contributed by atoms with Gasteiger partial charge in [0.2, 0.25) is 11.8 Å². The molecule has 1 aliphatic heterocycles. The van der Waals surface area contributed by atoms with E-state index in [0.29, 0.717) is 0 Å². The van der Waals surface area contributed by atoms with Gasteiger partial charge in [-0.25, -0.2) is 0 Å². The SMILES string of the molecule is CCC(C)(CC)N1C(=O)CC(N)C1=O. The third-order valence-corrected chi connectivity index (χ3v) is 3.24. The fraction of sp³-hybridized carbons (Fsp3) is 0.800. The number of rotatable bonds is 3. The van der Waals surface area contributed by atoms with E-state index in [1.807, 2.05) is 20.8 Å². The van der Waals surface area contributed by atoms with Gasteiger partial charge in [0.05, 0.1) is 12.5 Å². The molecule has 0 aliphatic carbocycles. The molecule has 0 spiro atoms. The van der Waals surface area contributed by atoms with E-state index in [2.05, 4.69) is 0 Å². The van der Waals surface area contributed by atoms with Crippen molar-refractivity contribution in [3.05, 3.63) is 0 Å². The van der Waals surface area contributed by atoms with Crippen LogP contribution >= 0.6 is 0 Å². The molecular formula is C10H18N2O2. The summed E-state index contributed by atoms with van der Waals surface area (Å²) in [5.74, 6) is -0.352. The van der Waals surface area contributed by atoms with Gasteiger partial charge < -0.3 is 5.73 Å². The highest BCUT2D eigenvalue weighted by atomic mass is 16.2. The number of imide groups is 1. The maximum absolute atomic E-state index is 11.7. The highest BCUT2D eigenvalue weighted by Gasteiger charge is 2.44. The third-order valence-electron chi connectivity index (χ3n) is 3.24. The summed E-state index contributed by atoms with van der Waals surface area (Å²) >= 11 is 0. The molecule has 1 heterocycles. The van der Waals surface area contributed by atoms with Gasteiger partial charge in [-0.15, -0.1) is 0 Å². The second kappa shape index (κ2) is 3.69. The first-order chi connectivity index (χ1) is 6.46. The molecule has 1 aliphatic rings. The summed E-state index contributed by atoms with van der Waals surface area (Å²) in [6.45, 7) is 5.89. The quantitative estimate of drug-likeness (QED) is 0.677. The summed E-state index contributed by atoms with van der Waals surface area (Å²) in [6.07, 6.45) is 1.70. The standard InChI is InChI=1S/C10H18N2O2/c1-4-10(3,5-2)12-8(13)6-7(11)9(12)14/h7H,4-6,11H2,1-3H3. The maximum atomic E-state index is 11.7. The zero-order valence-corrected chi connectivity index (χ0v) is 9.04. The topological polar surface area (TPSA) is 63.4 Å². The Morgan fingerprint density at radius 2 is 1.93 bits per heavy atom. The van der Waals surface area contributed by atoms with Crippen molar-refractivity contribution in [2.24, 2.45) is 5.73 Å². The molecule has 2 amide bonds. The van der Waals surface area contributed by atoms with Crippen LogP contribution in [-0.4, -0.2) is 28.3 Å². The van der Waals surface area contributed by atoms with Crippen molar-refractivity contribution in [2.75, 3.05) is 0 Å². The normalized spacial score (nSPS) is 23.4. The number of carbonyl (C=O) groups is 2. The van der Waals surface area contributed by atoms with E-state index < -0.39 is 6.04 Å². The van der Waals surface area contributed by atoms with Crippen LogP contribution in [0.3, 0.4) is 0 Å². The number of likely N-dealkylation sites (tertiary alicyclic amines) is 1. The van der Waals surface area contributed by atoms with E-state index >= 15 is 0 Å². The molecule has 14 heavy (non-hydrogen) atoms. The van der Waals surface area contributed by atoms with Crippen molar-refractivity contribution in [1.82, 2.24) is 4.90 Å². The number of hydrogen-bond acceptors (Lipinski definition) is 3. The van der Waals surface area contributed by atoms with E-state index in [0.717, 1.165) is 12.8 Å². The van der Waals surface area contributed by atoms with Gasteiger partial charge >= 0.3 is 0 Å². The first-order valence-electron chi connectivity index (χ1n) is 5.08. The van der Waals surface area contributed by atoms with Crippen LogP contribution < -0.4 is 5.73 Å². The lowest BCUT2D eigenvalue weighted by molar-refractivity contribution is -0.145. The molecule has 0 bridgehead atoms. The summed E-state index contributed by atoms with van der Waals surface area (Å²) in [5.41, 5.74) is 5.19. The smallest absolute Gasteiger partial charge is 0.247 e. The molecule has 4 nitrogen and oxygen atoms in total. The molecule has 0 saturated carbocycles. The van der Waals surface area contributed by atoms with Gasteiger partial charge in [0.15, 0.2) is 0 Å². The second-order valence-electron chi connectivity index (χ2n) is 4.08. The van der Waals surface area contributed by atoms with Crippen LogP contribution in [-0.2, 0) is 9.59 Å². The van der Waals surface area contributed by atoms with E-state index in [4.69, 9.17) is 5.73 Å². The molecule has 2 N–H and O–H groups in total. The molecule has 1 fully saturated rings. The van der Waals surface area contributed by atoms with Crippen LogP contribution in [0.4, 0.5) is 0 Å². The Bertz CT molecular complexity index is 259. The van der Waals surface area contributed by atoms with Crippen LogP contribution in [0.2, 0.25) is 0 Å². The van der Waals surface area contributed by atoms with Crippen molar-refractivity contribution in [2.45, 2.75) is 51.6 Å². The number of nitrogens with zero attached hydrogens (tertiary/aromatic N) is 1. The lowest BCUT2D eigenvalue weighted by Gasteiger charge is -2.35. The molecule has 1 rings (SSSR count). The average molecular weight is 198 g/mol. The second-order valence-corrected chi connectivity index (χ2v) is 4.08. The van der Waals surface area contributed by atoms with Crippen molar-refractivity contribution in [3.8, 4) is 0 Å². The van der Waals surface area contributed by atoms with Crippen LogP contribution in [0.5, 0.6) is 0 Å². The Morgan fingerprint density at radius 1 is 1.43 bits per heavy atom. The molecule has 0 aromatic carbocycles. The largest absolute Gasteiger partial charge is 0.319 e. The number of hydrogen-bond donors (Lipinski definition) is 1. The Morgan fingerprint density at radius 3 is 2.21 bits per heavy atom. The van der Waals surface area contributed by atoms with Crippen molar-refractivity contribution >= 4 is 11.8 Å². The number of nitrogens with two attached hydrogens (primary N) is 1. The van der Waals surface area contributed by atoms with Gasteiger partial charge in [-0.05, 0) is 19.8 Å². The molecular weight excluding hydrogens is 180 g/mol. The van der Waals surface area contributed by atoms with Crippen molar-refractivity contribution in [1.29, 1.82) is 0 Å². The third kappa shape index (κ3) is 1.54. The van der Waals surface area contributed by atoms with E-state index in [9.17, 15) is 9.59 Å². The summed E-state index contributed by atoms with van der Waals surface area (Å²) in [7, 11) is 0. The van der Waals surface area contributed by atoms with E-state index in [1.165, 1.54) is 4.90 Å². The predicted molar refractivity (Wildman–Crippen MR) is 53.4 cm³/mol. The molecule has 1 atom stereocenters. The lowest BCUT2D eigenvalue weighted by atomic mass is 9.93. The van der Waals surface area contributed by atoms with Gasteiger partial charge in [-0.2, -0.15) is 0 Å². The molecule has 1 saturated heterocycles. The van der Waals surface area contributed by atoms with E-state index in [-0.39, 0.29) is 23.8 Å². The Hall–Kier alpha value is -0.900. The maximum Gasteiger partial charge on any atom is 0.247 e. The fourth-order valence-corrected chi connectivity index (χ4v) is 1.79. The highest BCUT2D eigenvalue weighted by Crippen LogP contribution is 2.28. The molecule has 4 heteroatoms. The van der Waals surface area contributed by atoms with Gasteiger partial charge in [-0.3, -0.25) is 14.5 Å². The fourth-order valence-electron chi connectivity index (χ4n) is 1.79. The predicted octanol–water partition coefficient (Wildman–Crippen LogP) is 0.651. The zero-order valence-electron chi connectivity index (χ0n) is 9.04. The van der Waals surface area contributed by atoms with Gasteiger partial charge in [-0.1, -0.05) is 13.8 Å². The van der Waals surface area contributed by atoms with Crippen LogP contribution in [0, 0.1) is 0 Å². The lowest BCUT2D eigenvalue weighted by Crippen LogP contribution is -2.50. The minimum absolute atomic E-state index is 0.131. The summed E-state index contributed by atoms with van der Waals surface area (Å²) in [6, 6.07) is -0.625. The first kappa shape index (κ1) is 11.2. The average Bonchev–Trinajstić information content (AvgIpc) is 2.41. The number of amides is 2. The molecule has 1 unspecified atom stereocenters. The van der Waals surface area contributed by atoms with Crippen LogP contribution in [0.15, 0.2) is 0 Å².